The third kappa shape index (κ3) is 3.66. The number of nitrogens with one attached hydrogen (secondary N) is 1. The van der Waals surface area contributed by atoms with Crippen LogP contribution in [0.1, 0.15) is 51.4 Å². The number of carbonyl (C=O) groups excluding carboxylic acids is 3. The van der Waals surface area contributed by atoms with E-state index in [4.69, 9.17) is 4.74 Å². The summed E-state index contributed by atoms with van der Waals surface area (Å²) >= 11 is 0. The van der Waals surface area contributed by atoms with Crippen LogP contribution < -0.4 is 5.32 Å². The SMILES string of the molecule is O=C(CNC(=O)C12CC3CC(CC(C3)C1)C2)N1CCN(C(=O)C2CCCO2)CC1. The molecule has 0 aromatic rings. The van der Waals surface area contributed by atoms with Gasteiger partial charge in [0.1, 0.15) is 6.10 Å². The molecule has 0 aromatic heterocycles. The first-order chi connectivity index (χ1) is 14.0. The van der Waals surface area contributed by atoms with Gasteiger partial charge in [-0.05, 0) is 69.1 Å². The molecule has 7 nitrogen and oxygen atoms in total. The van der Waals surface area contributed by atoms with E-state index < -0.39 is 0 Å². The fourth-order valence-corrected chi connectivity index (χ4v) is 7.00. The number of carbonyl (C=O) groups is 3. The van der Waals surface area contributed by atoms with Gasteiger partial charge in [0.25, 0.3) is 5.91 Å². The van der Waals surface area contributed by atoms with Crippen LogP contribution in [0.5, 0.6) is 0 Å². The molecule has 4 saturated carbocycles. The number of hydrogen-bond donors (Lipinski definition) is 1. The predicted octanol–water partition coefficient (Wildman–Crippen LogP) is 1.17. The molecule has 3 amide bonds. The standard InChI is InChI=1S/C22H33N3O4/c26-19(24-3-5-25(6-4-24)20(27)18-2-1-7-29-18)14-23-21(28)22-11-15-8-16(12-22)10-17(9-15)13-22/h15-18H,1-14H2,(H,23,28). The quantitative estimate of drug-likeness (QED) is 0.764. The van der Waals surface area contributed by atoms with Crippen LogP contribution in [0, 0.1) is 23.2 Å². The van der Waals surface area contributed by atoms with Gasteiger partial charge in [-0.2, -0.15) is 0 Å². The Balaban J connectivity index is 1.09. The minimum absolute atomic E-state index is 0.0349. The number of nitrogens with zero attached hydrogens (tertiary/aromatic N) is 2. The molecule has 0 radical (unpaired) electrons. The molecule has 7 heteroatoms. The Bertz CT molecular complexity index is 644. The zero-order valence-electron chi connectivity index (χ0n) is 17.2. The lowest BCUT2D eigenvalue weighted by Gasteiger charge is -2.55. The lowest BCUT2D eigenvalue weighted by molar-refractivity contribution is -0.149. The summed E-state index contributed by atoms with van der Waals surface area (Å²) in [7, 11) is 0. The molecule has 6 fully saturated rings. The molecule has 6 aliphatic rings. The second-order valence-electron chi connectivity index (χ2n) is 10.1. The molecule has 0 spiro atoms. The van der Waals surface area contributed by atoms with E-state index in [1.807, 2.05) is 4.90 Å². The van der Waals surface area contributed by atoms with Crippen LogP contribution in [-0.2, 0) is 19.1 Å². The lowest BCUT2D eigenvalue weighted by atomic mass is 9.49. The van der Waals surface area contributed by atoms with Crippen molar-refractivity contribution in [3.05, 3.63) is 0 Å². The van der Waals surface area contributed by atoms with E-state index in [-0.39, 0.29) is 35.8 Å². The van der Waals surface area contributed by atoms with Gasteiger partial charge in [-0.25, -0.2) is 0 Å². The van der Waals surface area contributed by atoms with Gasteiger partial charge in [-0.1, -0.05) is 0 Å². The molecule has 0 aromatic carbocycles. The smallest absolute Gasteiger partial charge is 0.251 e. The minimum Gasteiger partial charge on any atom is -0.368 e. The molecule has 1 N–H and O–H groups in total. The summed E-state index contributed by atoms with van der Waals surface area (Å²) in [5.74, 6) is 2.29. The average molecular weight is 404 g/mol. The van der Waals surface area contributed by atoms with Crippen LogP contribution in [-0.4, -0.2) is 73.0 Å². The average Bonchev–Trinajstić information content (AvgIpc) is 3.25. The van der Waals surface area contributed by atoms with Gasteiger partial charge >= 0.3 is 0 Å². The molecule has 6 rings (SSSR count). The van der Waals surface area contributed by atoms with Crippen molar-refractivity contribution in [1.29, 1.82) is 0 Å². The highest BCUT2D eigenvalue weighted by molar-refractivity contribution is 5.88. The van der Waals surface area contributed by atoms with E-state index in [0.717, 1.165) is 49.9 Å². The molecule has 4 bridgehead atoms. The van der Waals surface area contributed by atoms with Crippen molar-refractivity contribution in [2.45, 2.75) is 57.5 Å². The highest BCUT2D eigenvalue weighted by atomic mass is 16.5. The minimum atomic E-state index is -0.295. The molecule has 4 aliphatic carbocycles. The van der Waals surface area contributed by atoms with Gasteiger partial charge in [0.2, 0.25) is 11.8 Å². The molecular weight excluding hydrogens is 370 g/mol. The molecule has 2 aliphatic heterocycles. The van der Waals surface area contributed by atoms with Gasteiger partial charge in [0, 0.05) is 38.2 Å². The van der Waals surface area contributed by atoms with Crippen LogP contribution in [0.2, 0.25) is 0 Å². The fraction of sp³-hybridized carbons (Fsp3) is 0.864. The summed E-state index contributed by atoms with van der Waals surface area (Å²) in [5, 5.41) is 2.98. The van der Waals surface area contributed by atoms with Gasteiger partial charge in [-0.3, -0.25) is 14.4 Å². The monoisotopic (exact) mass is 403 g/mol. The third-order valence-corrected chi connectivity index (χ3v) is 8.07. The van der Waals surface area contributed by atoms with Crippen molar-refractivity contribution in [1.82, 2.24) is 15.1 Å². The van der Waals surface area contributed by atoms with E-state index >= 15 is 0 Å². The van der Waals surface area contributed by atoms with Gasteiger partial charge in [0.05, 0.1) is 6.54 Å². The number of ether oxygens (including phenoxy) is 1. The van der Waals surface area contributed by atoms with Crippen LogP contribution in [0.4, 0.5) is 0 Å². The molecule has 1 atom stereocenters. The molecule has 29 heavy (non-hydrogen) atoms. The van der Waals surface area contributed by atoms with E-state index in [2.05, 4.69) is 5.32 Å². The summed E-state index contributed by atoms with van der Waals surface area (Å²) in [6, 6.07) is 0. The van der Waals surface area contributed by atoms with Crippen molar-refractivity contribution in [2.24, 2.45) is 23.2 Å². The lowest BCUT2D eigenvalue weighted by Crippen LogP contribution is -2.56. The van der Waals surface area contributed by atoms with Crippen molar-refractivity contribution in [2.75, 3.05) is 39.3 Å². The molecule has 160 valence electrons. The number of piperazine rings is 1. The fourth-order valence-electron chi connectivity index (χ4n) is 7.00. The number of rotatable bonds is 4. The summed E-state index contributed by atoms with van der Waals surface area (Å²) in [6.07, 6.45) is 8.42. The van der Waals surface area contributed by atoms with E-state index in [1.54, 1.807) is 4.90 Å². The summed E-state index contributed by atoms with van der Waals surface area (Å²) in [5.41, 5.74) is -0.207. The highest BCUT2D eigenvalue weighted by Crippen LogP contribution is 2.60. The first-order valence-electron chi connectivity index (χ1n) is 11.5. The van der Waals surface area contributed by atoms with Crippen LogP contribution in [0.25, 0.3) is 0 Å². The number of hydrogen-bond acceptors (Lipinski definition) is 4. The van der Waals surface area contributed by atoms with E-state index in [1.165, 1.54) is 19.3 Å². The maximum absolute atomic E-state index is 13.0. The third-order valence-electron chi connectivity index (χ3n) is 8.07. The van der Waals surface area contributed by atoms with Crippen LogP contribution >= 0.6 is 0 Å². The van der Waals surface area contributed by atoms with E-state index in [0.29, 0.717) is 32.8 Å². The van der Waals surface area contributed by atoms with Crippen LogP contribution in [0.15, 0.2) is 0 Å². The first kappa shape index (κ1) is 19.3. The zero-order valence-corrected chi connectivity index (χ0v) is 17.2. The Hall–Kier alpha value is -1.63. The Morgan fingerprint density at radius 2 is 1.48 bits per heavy atom. The maximum Gasteiger partial charge on any atom is 0.251 e. The normalized spacial score (nSPS) is 38.3. The summed E-state index contributed by atoms with van der Waals surface area (Å²) in [4.78, 5) is 41.7. The van der Waals surface area contributed by atoms with Crippen LogP contribution in [0.3, 0.4) is 0 Å². The Morgan fingerprint density at radius 3 is 2.03 bits per heavy atom. The molecular formula is C22H33N3O4. The molecule has 2 heterocycles. The highest BCUT2D eigenvalue weighted by Gasteiger charge is 2.54. The maximum atomic E-state index is 13.0. The molecule has 1 unspecified atom stereocenters. The topological polar surface area (TPSA) is 79.0 Å². The zero-order chi connectivity index (χ0) is 20.0. The van der Waals surface area contributed by atoms with Crippen molar-refractivity contribution in [3.8, 4) is 0 Å². The Labute approximate surface area is 172 Å². The van der Waals surface area contributed by atoms with Crippen molar-refractivity contribution < 1.29 is 19.1 Å². The van der Waals surface area contributed by atoms with Crippen molar-refractivity contribution in [3.63, 3.8) is 0 Å². The second-order valence-corrected chi connectivity index (χ2v) is 10.1. The van der Waals surface area contributed by atoms with Gasteiger partial charge in [-0.15, -0.1) is 0 Å². The summed E-state index contributed by atoms with van der Waals surface area (Å²) in [6.45, 7) is 2.91. The van der Waals surface area contributed by atoms with Gasteiger partial charge < -0.3 is 19.9 Å². The Kier molecular flexibility index (Phi) is 5.04. The number of amides is 3. The molecule has 2 saturated heterocycles. The predicted molar refractivity (Wildman–Crippen MR) is 106 cm³/mol. The Morgan fingerprint density at radius 1 is 0.897 bits per heavy atom. The van der Waals surface area contributed by atoms with E-state index in [9.17, 15) is 14.4 Å². The second kappa shape index (κ2) is 7.56. The van der Waals surface area contributed by atoms with Gasteiger partial charge in [0.15, 0.2) is 0 Å². The largest absolute Gasteiger partial charge is 0.368 e. The summed E-state index contributed by atoms with van der Waals surface area (Å²) < 4.78 is 5.49. The van der Waals surface area contributed by atoms with Crippen molar-refractivity contribution >= 4 is 17.7 Å². The first-order valence-corrected chi connectivity index (χ1v) is 11.5.